The highest BCUT2D eigenvalue weighted by Crippen LogP contribution is 2.43. The minimum atomic E-state index is -5.43. The van der Waals surface area contributed by atoms with Crippen molar-refractivity contribution in [2.45, 2.75) is 161 Å². The molecule has 27 nitrogen and oxygen atoms in total. The summed E-state index contributed by atoms with van der Waals surface area (Å²) in [6.07, 6.45) is -16.8. The summed E-state index contributed by atoms with van der Waals surface area (Å²) in [5.41, 5.74) is 0. The fourth-order valence-corrected chi connectivity index (χ4v) is 10.6. The Morgan fingerprint density at radius 1 is 0.462 bits per heavy atom. The predicted octanol–water partition coefficient (Wildman–Crippen LogP) is 2.13. The van der Waals surface area contributed by atoms with Gasteiger partial charge in [0.25, 0.3) is 0 Å². The predicted molar refractivity (Wildman–Crippen MR) is 216 cm³/mol. The molecular formula is C33H60O27S5. The largest absolute Gasteiger partial charge is 0.397 e. The molecule has 384 valence electrons. The van der Waals surface area contributed by atoms with Crippen LogP contribution in [0.4, 0.5) is 0 Å². The third-order valence-corrected chi connectivity index (χ3v) is 14.6. The Morgan fingerprint density at radius 2 is 0.846 bits per heavy atom. The number of hydrogen-bond donors (Lipinski definition) is 5. The summed E-state index contributed by atoms with van der Waals surface area (Å²) >= 11 is -0.0793. The summed E-state index contributed by atoms with van der Waals surface area (Å²) in [5, 5.41) is 12.0. The molecule has 4 saturated heterocycles. The molecule has 0 saturated carbocycles. The van der Waals surface area contributed by atoms with Crippen LogP contribution in [0.1, 0.15) is 75.2 Å². The maximum absolute atomic E-state index is 12.4. The molecule has 5 N–H and O–H groups in total. The van der Waals surface area contributed by atoms with Gasteiger partial charge in [-0.25, -0.2) is 22.0 Å². The van der Waals surface area contributed by atoms with E-state index >= 15 is 0 Å². The lowest BCUT2D eigenvalue weighted by Gasteiger charge is -2.51. The van der Waals surface area contributed by atoms with E-state index in [1.807, 2.05) is 27.7 Å². The van der Waals surface area contributed by atoms with Gasteiger partial charge in [0.05, 0.1) is 49.8 Å². The first kappa shape index (κ1) is 57.0. The van der Waals surface area contributed by atoms with Crippen LogP contribution in [0.2, 0.25) is 0 Å². The molecule has 0 aromatic heterocycles. The van der Waals surface area contributed by atoms with E-state index in [-0.39, 0.29) is 42.5 Å². The van der Waals surface area contributed by atoms with Crippen LogP contribution >= 0.6 is 12.3 Å². The summed E-state index contributed by atoms with van der Waals surface area (Å²) in [5.74, 6) is -3.44. The second kappa shape index (κ2) is 23.5. The monoisotopic (exact) mass is 1050 g/mol. The first-order valence-corrected chi connectivity index (χ1v) is 26.5. The van der Waals surface area contributed by atoms with E-state index in [1.54, 1.807) is 6.92 Å². The molecule has 0 amide bonds. The van der Waals surface area contributed by atoms with Gasteiger partial charge in [0, 0.05) is 17.8 Å². The minimum absolute atomic E-state index is 0.00206. The molecule has 4 aliphatic rings. The third-order valence-electron chi connectivity index (χ3n) is 12.4. The maximum atomic E-state index is 12.4. The number of ether oxygens (including phenoxy) is 7. The smallest absolute Gasteiger partial charge is 0.372 e. The van der Waals surface area contributed by atoms with Gasteiger partial charge in [-0.15, -0.1) is 4.33 Å². The summed E-state index contributed by atoms with van der Waals surface area (Å²) in [7, 11) is -21.3. The standard InChI is InChI=1S/C33H60O27S5/c1-10-21-25(15(4)14(3)20(9)49-21)53-31-17(6)16(5)26(22(11-2)50-31)54-32-29(57-64(41,42)43)18(7)27(23(51-32)12-47-62(35,36)37)55-33-30(58-65(44,45)46)19(8)28(56-61-60-59-34)24(52-33)13-48-63(38,39)40/h14-34H,10-13H2,1-9H3,(H,35,36,37)(H,38,39,40)(H,41,42,43)(H,44,45,46)/t14?,15-,16-,17?,18?,19?,20+,21?,22?,23?,24?,25-,26-,27+,28+,29?,30?,31+,32-,33-/m1/s1. The molecule has 0 aliphatic carbocycles. The highest BCUT2D eigenvalue weighted by molar-refractivity contribution is 7.89. The van der Waals surface area contributed by atoms with Crippen molar-refractivity contribution in [3.63, 3.8) is 0 Å². The molecule has 0 spiro atoms. The van der Waals surface area contributed by atoms with Gasteiger partial charge in [0.1, 0.15) is 30.5 Å². The highest BCUT2D eigenvalue weighted by atomic mass is 32.3. The molecule has 65 heavy (non-hydrogen) atoms. The quantitative estimate of drug-likeness (QED) is 0.0341. The Labute approximate surface area is 383 Å². The van der Waals surface area contributed by atoms with Gasteiger partial charge in [0.2, 0.25) is 0 Å². The molecule has 4 fully saturated rings. The van der Waals surface area contributed by atoms with Crippen molar-refractivity contribution in [1.82, 2.24) is 0 Å². The Kier molecular flexibility index (Phi) is 20.6. The molecule has 20 atom stereocenters. The zero-order chi connectivity index (χ0) is 49.0. The molecule has 0 aromatic carbocycles. The normalized spacial score (nSPS) is 41.3. The molecule has 4 heterocycles. The molecule has 0 aromatic rings. The SMILES string of the molecule is CCC1O[C@@H](O[C@H]2C(CC)O[C@@H](C)C(C)[C@H]2C)C(C)[C@@H](C)[C@H]1O[C@H]1OC(COS(=O)(=O)O)[C@@H](O[C@H]2OC(COS(=O)(=O)O)[C@@H](OSOOO)C(C)C2OS(=O)(=O)O)C(C)C1OS(=O)(=O)O. The molecule has 0 radical (unpaired) electrons. The van der Waals surface area contributed by atoms with E-state index in [0.717, 1.165) is 0 Å². The van der Waals surface area contributed by atoms with E-state index in [4.69, 9.17) is 51.0 Å². The molecule has 0 bridgehead atoms. The van der Waals surface area contributed by atoms with Crippen molar-refractivity contribution < 1.29 is 121 Å². The van der Waals surface area contributed by atoms with Gasteiger partial charge in [-0.05, 0) is 37.5 Å². The van der Waals surface area contributed by atoms with Crippen LogP contribution in [-0.4, -0.2) is 156 Å². The molecular weight excluding hydrogens is 989 g/mol. The molecule has 10 unspecified atom stereocenters. The Hall–Kier alpha value is -0.610. The topological polar surface area (TPSA) is 367 Å². The van der Waals surface area contributed by atoms with Crippen LogP contribution in [0.25, 0.3) is 0 Å². The second-order valence-corrected chi connectivity index (χ2v) is 21.2. The third kappa shape index (κ3) is 15.9. The average molecular weight is 1050 g/mol. The zero-order valence-electron chi connectivity index (χ0n) is 36.6. The summed E-state index contributed by atoms with van der Waals surface area (Å²) in [6.45, 7) is 13.9. The van der Waals surface area contributed by atoms with Gasteiger partial charge in [-0.3, -0.25) is 22.4 Å². The first-order chi connectivity index (χ1) is 30.0. The summed E-state index contributed by atoms with van der Waals surface area (Å²) in [4.78, 5) is 0. The fourth-order valence-electron chi connectivity index (χ4n) is 8.48. The fraction of sp³-hybridized carbons (Fsp3) is 1.00. The molecule has 4 aliphatic heterocycles. The first-order valence-electron chi connectivity index (χ1n) is 20.4. The van der Waals surface area contributed by atoms with E-state index in [1.165, 1.54) is 13.8 Å². The van der Waals surface area contributed by atoms with Crippen molar-refractivity contribution in [2.75, 3.05) is 13.2 Å². The number of rotatable bonds is 22. The van der Waals surface area contributed by atoms with Crippen LogP contribution in [-0.2, 0) is 105 Å². The van der Waals surface area contributed by atoms with E-state index in [2.05, 4.69) is 31.6 Å². The Morgan fingerprint density at radius 3 is 1.28 bits per heavy atom. The lowest BCUT2D eigenvalue weighted by Crippen LogP contribution is -2.63. The van der Waals surface area contributed by atoms with Crippen molar-refractivity contribution in [3.05, 3.63) is 0 Å². The van der Waals surface area contributed by atoms with Gasteiger partial charge >= 0.3 is 41.6 Å². The van der Waals surface area contributed by atoms with Gasteiger partial charge < -0.3 is 33.2 Å². The van der Waals surface area contributed by atoms with Crippen molar-refractivity contribution >= 4 is 53.9 Å². The van der Waals surface area contributed by atoms with E-state index < -0.39 is 146 Å². The van der Waals surface area contributed by atoms with Crippen molar-refractivity contribution in [3.8, 4) is 0 Å². The van der Waals surface area contributed by atoms with Crippen LogP contribution < -0.4 is 0 Å². The highest BCUT2D eigenvalue weighted by Gasteiger charge is 2.56. The lowest BCUT2D eigenvalue weighted by molar-refractivity contribution is -0.435. The Balaban J connectivity index is 1.70. The zero-order valence-corrected chi connectivity index (χ0v) is 40.7. The van der Waals surface area contributed by atoms with Crippen LogP contribution in [0.5, 0.6) is 0 Å². The minimum Gasteiger partial charge on any atom is -0.372 e. The van der Waals surface area contributed by atoms with Crippen molar-refractivity contribution in [1.29, 1.82) is 0 Å². The summed E-state index contributed by atoms with van der Waals surface area (Å²) < 4.78 is 207. The van der Waals surface area contributed by atoms with Crippen molar-refractivity contribution in [2.24, 2.45) is 35.5 Å². The van der Waals surface area contributed by atoms with Crippen LogP contribution in [0.3, 0.4) is 0 Å². The number of hydrogen-bond acceptors (Lipinski definition) is 24. The van der Waals surface area contributed by atoms with Gasteiger partial charge in [-0.2, -0.15) is 33.7 Å². The van der Waals surface area contributed by atoms with E-state index in [0.29, 0.717) is 12.8 Å². The molecule has 4 rings (SSSR count). The van der Waals surface area contributed by atoms with E-state index in [9.17, 15) is 51.9 Å². The average Bonchev–Trinajstić information content (AvgIpc) is 3.19. The lowest BCUT2D eigenvalue weighted by atomic mass is 9.80. The second-order valence-electron chi connectivity index (χ2n) is 16.5. The Bertz CT molecular complexity index is 1950. The van der Waals surface area contributed by atoms with Crippen LogP contribution in [0, 0.1) is 35.5 Å². The summed E-state index contributed by atoms with van der Waals surface area (Å²) in [6, 6.07) is 0. The van der Waals surface area contributed by atoms with Gasteiger partial charge in [0.15, 0.2) is 31.2 Å². The van der Waals surface area contributed by atoms with Crippen LogP contribution in [0.15, 0.2) is 0 Å². The van der Waals surface area contributed by atoms with Gasteiger partial charge in [-0.1, -0.05) is 60.4 Å². The molecule has 32 heteroatoms. The maximum Gasteiger partial charge on any atom is 0.397 e.